The molecule has 0 aliphatic rings. The summed E-state index contributed by atoms with van der Waals surface area (Å²) in [7, 11) is 0. The average molecular weight is 252 g/mol. The molecule has 0 spiro atoms. The van der Waals surface area contributed by atoms with Crippen LogP contribution in [-0.2, 0) is 0 Å². The van der Waals surface area contributed by atoms with Gasteiger partial charge in [0.2, 0.25) is 0 Å². The number of hydrogen-bond acceptors (Lipinski definition) is 2. The number of hydrogen-bond donors (Lipinski definition) is 0. The van der Waals surface area contributed by atoms with E-state index < -0.39 is 0 Å². The largest absolute Gasteiger partial charge is 0.293 e. The molecule has 0 radical (unpaired) electrons. The van der Waals surface area contributed by atoms with E-state index in [1.807, 2.05) is 6.92 Å². The van der Waals surface area contributed by atoms with Crippen LogP contribution in [0.25, 0.3) is 0 Å². The monoisotopic (exact) mass is 252 g/mol. The zero-order valence-electron chi connectivity index (χ0n) is 11.3. The number of ketones is 1. The SMILES string of the molecule is CCCCCCCCC(=O)c1sc(C)cc1C. The fourth-order valence-electron chi connectivity index (χ4n) is 2.10. The van der Waals surface area contributed by atoms with Gasteiger partial charge in [0, 0.05) is 11.3 Å². The summed E-state index contributed by atoms with van der Waals surface area (Å²) in [6.07, 6.45) is 8.20. The third kappa shape index (κ3) is 5.03. The van der Waals surface area contributed by atoms with Gasteiger partial charge in [-0.25, -0.2) is 0 Å². The fraction of sp³-hybridized carbons (Fsp3) is 0.667. The van der Waals surface area contributed by atoms with Gasteiger partial charge < -0.3 is 0 Å². The Morgan fingerprint density at radius 2 is 1.76 bits per heavy atom. The predicted octanol–water partition coefficient (Wildman–Crippen LogP) is 5.30. The highest BCUT2D eigenvalue weighted by Crippen LogP contribution is 2.23. The molecule has 96 valence electrons. The van der Waals surface area contributed by atoms with Gasteiger partial charge >= 0.3 is 0 Å². The minimum absolute atomic E-state index is 0.344. The number of Topliss-reactive ketones (excluding diaryl/α,β-unsaturated/α-hetero) is 1. The second kappa shape index (κ2) is 7.65. The Hall–Kier alpha value is -0.630. The second-order valence-corrected chi connectivity index (χ2v) is 6.07. The van der Waals surface area contributed by atoms with Gasteiger partial charge in [-0.1, -0.05) is 39.0 Å². The van der Waals surface area contributed by atoms with Crippen LogP contribution in [0.5, 0.6) is 0 Å². The third-order valence-electron chi connectivity index (χ3n) is 3.05. The zero-order chi connectivity index (χ0) is 12.7. The van der Waals surface area contributed by atoms with Crippen LogP contribution < -0.4 is 0 Å². The Kier molecular flexibility index (Phi) is 6.49. The van der Waals surface area contributed by atoms with E-state index in [4.69, 9.17) is 0 Å². The summed E-state index contributed by atoms with van der Waals surface area (Å²) in [6.45, 7) is 6.34. The molecule has 17 heavy (non-hydrogen) atoms. The summed E-state index contributed by atoms with van der Waals surface area (Å²) in [5.41, 5.74) is 1.16. The first kappa shape index (κ1) is 14.4. The standard InChI is InChI=1S/C15H24OS/c1-4-5-6-7-8-9-10-14(16)15-12(2)11-13(3)17-15/h11H,4-10H2,1-3H3. The number of aryl methyl sites for hydroxylation is 2. The van der Waals surface area contributed by atoms with Crippen molar-refractivity contribution >= 4 is 17.1 Å². The molecule has 1 nitrogen and oxygen atoms in total. The highest BCUT2D eigenvalue weighted by Gasteiger charge is 2.11. The zero-order valence-corrected chi connectivity index (χ0v) is 12.2. The van der Waals surface area contributed by atoms with E-state index in [0.717, 1.165) is 23.3 Å². The maximum Gasteiger partial charge on any atom is 0.173 e. The van der Waals surface area contributed by atoms with Gasteiger partial charge in [0.15, 0.2) is 5.78 Å². The van der Waals surface area contributed by atoms with Crippen LogP contribution >= 0.6 is 11.3 Å². The summed E-state index contributed by atoms with van der Waals surface area (Å²) >= 11 is 1.64. The second-order valence-electron chi connectivity index (χ2n) is 4.81. The number of unbranched alkanes of at least 4 members (excludes halogenated alkanes) is 5. The Morgan fingerprint density at radius 3 is 2.35 bits per heavy atom. The van der Waals surface area contributed by atoms with E-state index in [1.165, 1.54) is 37.0 Å². The molecule has 0 aliphatic heterocycles. The lowest BCUT2D eigenvalue weighted by atomic mass is 10.1. The molecule has 0 saturated heterocycles. The number of carbonyl (C=O) groups excluding carboxylic acids is 1. The molecule has 1 rings (SSSR count). The molecule has 0 aliphatic carbocycles. The topological polar surface area (TPSA) is 17.1 Å². The first-order valence-corrected chi connectivity index (χ1v) is 7.57. The average Bonchev–Trinajstić information content (AvgIpc) is 2.62. The van der Waals surface area contributed by atoms with Gasteiger partial charge in [-0.2, -0.15) is 0 Å². The molecular weight excluding hydrogens is 228 g/mol. The Bertz CT molecular complexity index is 352. The van der Waals surface area contributed by atoms with E-state index in [2.05, 4.69) is 19.9 Å². The maximum atomic E-state index is 12.0. The van der Waals surface area contributed by atoms with E-state index in [9.17, 15) is 4.79 Å². The third-order valence-corrected chi connectivity index (χ3v) is 4.25. The Labute approximate surface area is 109 Å². The van der Waals surface area contributed by atoms with E-state index in [0.29, 0.717) is 5.78 Å². The van der Waals surface area contributed by atoms with Crippen LogP contribution in [0.1, 0.15) is 72.0 Å². The molecule has 2 heteroatoms. The summed E-state index contributed by atoms with van der Waals surface area (Å²) < 4.78 is 0. The summed E-state index contributed by atoms with van der Waals surface area (Å²) in [6, 6.07) is 2.11. The Balaban J connectivity index is 2.23. The van der Waals surface area contributed by atoms with Crippen LogP contribution in [0.4, 0.5) is 0 Å². The van der Waals surface area contributed by atoms with Crippen molar-refractivity contribution in [3.8, 4) is 0 Å². The van der Waals surface area contributed by atoms with Crippen molar-refractivity contribution in [2.75, 3.05) is 0 Å². The molecule has 1 aromatic heterocycles. The van der Waals surface area contributed by atoms with E-state index >= 15 is 0 Å². The normalized spacial score (nSPS) is 10.8. The molecule has 0 saturated carbocycles. The van der Waals surface area contributed by atoms with Crippen LogP contribution in [0.15, 0.2) is 6.07 Å². The van der Waals surface area contributed by atoms with Crippen molar-refractivity contribution < 1.29 is 4.79 Å². The number of carbonyl (C=O) groups is 1. The van der Waals surface area contributed by atoms with Crippen molar-refractivity contribution in [1.29, 1.82) is 0 Å². The number of thiophene rings is 1. The van der Waals surface area contributed by atoms with Crippen molar-refractivity contribution in [2.24, 2.45) is 0 Å². The molecule has 1 heterocycles. The predicted molar refractivity (Wildman–Crippen MR) is 76.1 cm³/mol. The summed E-state index contributed by atoms with van der Waals surface area (Å²) in [5, 5.41) is 0. The van der Waals surface area contributed by atoms with Crippen molar-refractivity contribution in [3.63, 3.8) is 0 Å². The molecule has 0 amide bonds. The first-order chi connectivity index (χ1) is 8.15. The summed E-state index contributed by atoms with van der Waals surface area (Å²) in [5.74, 6) is 0.344. The van der Waals surface area contributed by atoms with Crippen LogP contribution in [0.3, 0.4) is 0 Å². The lowest BCUT2D eigenvalue weighted by molar-refractivity contribution is 0.0982. The molecule has 0 fully saturated rings. The van der Waals surface area contributed by atoms with Crippen molar-refractivity contribution in [2.45, 2.75) is 65.7 Å². The van der Waals surface area contributed by atoms with Gasteiger partial charge in [0.1, 0.15) is 0 Å². The highest BCUT2D eigenvalue weighted by atomic mass is 32.1. The van der Waals surface area contributed by atoms with Gasteiger partial charge in [-0.15, -0.1) is 11.3 Å². The van der Waals surface area contributed by atoms with Crippen LogP contribution in [0, 0.1) is 13.8 Å². The smallest absolute Gasteiger partial charge is 0.173 e. The quantitative estimate of drug-likeness (QED) is 0.453. The van der Waals surface area contributed by atoms with Crippen LogP contribution in [0.2, 0.25) is 0 Å². The lowest BCUT2D eigenvalue weighted by Gasteiger charge is -2.00. The number of rotatable bonds is 8. The Morgan fingerprint density at radius 1 is 1.12 bits per heavy atom. The molecule has 0 unspecified atom stereocenters. The van der Waals surface area contributed by atoms with Gasteiger partial charge in [-0.3, -0.25) is 4.79 Å². The lowest BCUT2D eigenvalue weighted by Crippen LogP contribution is -1.97. The molecule has 1 aromatic rings. The van der Waals surface area contributed by atoms with Crippen molar-refractivity contribution in [1.82, 2.24) is 0 Å². The summed E-state index contributed by atoms with van der Waals surface area (Å²) in [4.78, 5) is 14.2. The van der Waals surface area contributed by atoms with Gasteiger partial charge in [0.25, 0.3) is 0 Å². The molecule has 0 aromatic carbocycles. The molecule has 0 bridgehead atoms. The van der Waals surface area contributed by atoms with E-state index in [-0.39, 0.29) is 0 Å². The minimum atomic E-state index is 0.344. The van der Waals surface area contributed by atoms with Crippen molar-refractivity contribution in [3.05, 3.63) is 21.4 Å². The minimum Gasteiger partial charge on any atom is -0.293 e. The molecule has 0 atom stereocenters. The van der Waals surface area contributed by atoms with Crippen LogP contribution in [-0.4, -0.2) is 5.78 Å². The van der Waals surface area contributed by atoms with E-state index in [1.54, 1.807) is 11.3 Å². The van der Waals surface area contributed by atoms with Gasteiger partial charge in [0.05, 0.1) is 4.88 Å². The fourth-order valence-corrected chi connectivity index (χ4v) is 3.09. The maximum absolute atomic E-state index is 12.0. The van der Waals surface area contributed by atoms with Gasteiger partial charge in [-0.05, 0) is 31.9 Å². The molecular formula is C15H24OS. The highest BCUT2D eigenvalue weighted by molar-refractivity contribution is 7.14. The first-order valence-electron chi connectivity index (χ1n) is 6.75. The molecule has 0 N–H and O–H groups in total.